The average molecular weight is 259 g/mol. The van der Waals surface area contributed by atoms with E-state index in [9.17, 15) is 18.0 Å². The average Bonchev–Trinajstić information content (AvgIpc) is 2.26. The maximum atomic E-state index is 12.8. The van der Waals surface area contributed by atoms with Crippen molar-refractivity contribution in [2.24, 2.45) is 5.73 Å². The van der Waals surface area contributed by atoms with E-state index in [1.165, 1.54) is 0 Å². The third kappa shape index (κ3) is 3.25. The minimum absolute atomic E-state index is 0.503. The Bertz CT molecular complexity index is 484. The smallest absolute Gasteiger partial charge is 0.419 e. The number of hydrogen-bond donors (Lipinski definition) is 1. The normalized spacial score (nSPS) is 11.7. The number of carbonyl (C=O) groups is 1. The van der Waals surface area contributed by atoms with Crippen molar-refractivity contribution >= 4 is 5.97 Å². The van der Waals surface area contributed by atoms with Gasteiger partial charge in [-0.1, -0.05) is 0 Å². The molecule has 0 aliphatic heterocycles. The number of nitrogens with two attached hydrogens (primary N) is 1. The summed E-state index contributed by atoms with van der Waals surface area (Å²) in [6.07, 6.45) is -5.08. The molecule has 5 nitrogen and oxygen atoms in total. The fourth-order valence-corrected chi connectivity index (χ4v) is 1.11. The molecule has 0 unspecified atom stereocenters. The Kier molecular flexibility index (Phi) is 4.94. The molecule has 0 aromatic carbocycles. The molecule has 0 aliphatic carbocycles. The number of ether oxygens (including phenoxy) is 1. The van der Waals surface area contributed by atoms with Gasteiger partial charge < -0.3 is 10.5 Å². The first-order valence-corrected chi connectivity index (χ1v) is 4.37. The quantitative estimate of drug-likeness (QED) is 0.348. The van der Waals surface area contributed by atoms with E-state index in [-0.39, 0.29) is 0 Å². The predicted molar refractivity (Wildman–Crippen MR) is 53.2 cm³/mol. The molecule has 0 saturated carbocycles. The molecule has 0 bridgehead atoms. The number of halogens is 3. The highest BCUT2D eigenvalue weighted by atomic mass is 19.4. The minimum atomic E-state index is -5.08. The van der Waals surface area contributed by atoms with Gasteiger partial charge in [0.15, 0.2) is 0 Å². The molecule has 0 saturated heterocycles. The van der Waals surface area contributed by atoms with Crippen LogP contribution in [0.1, 0.15) is 6.92 Å². The van der Waals surface area contributed by atoms with E-state index in [0.29, 0.717) is 0 Å². The van der Waals surface area contributed by atoms with Gasteiger partial charge in [-0.2, -0.15) is 23.7 Å². The van der Waals surface area contributed by atoms with Crippen LogP contribution in [0.2, 0.25) is 0 Å². The minimum Gasteiger partial charge on any atom is -0.465 e. The lowest BCUT2D eigenvalue weighted by Crippen LogP contribution is -2.24. The number of nitrogens with zero attached hydrogens (tertiary/aromatic N) is 2. The molecule has 18 heavy (non-hydrogen) atoms. The second-order valence-corrected chi connectivity index (χ2v) is 3.02. The van der Waals surface area contributed by atoms with Gasteiger partial charge in [0.25, 0.3) is 0 Å². The summed E-state index contributed by atoms with van der Waals surface area (Å²) in [5.74, 6) is -1.37. The Hall–Kier alpha value is -2.48. The monoisotopic (exact) mass is 259 g/mol. The third-order valence-electron chi connectivity index (χ3n) is 1.79. The topological polar surface area (TPSA) is 99.9 Å². The summed E-state index contributed by atoms with van der Waals surface area (Å²) in [5.41, 5.74) is 0.691. The van der Waals surface area contributed by atoms with Crippen molar-refractivity contribution in [1.29, 1.82) is 10.5 Å². The van der Waals surface area contributed by atoms with Gasteiger partial charge in [0.1, 0.15) is 23.3 Å². The molecule has 0 atom stereocenters. The molecule has 0 heterocycles. The number of esters is 1. The summed E-state index contributed by atoms with van der Waals surface area (Å²) in [6.45, 7) is 1.03. The molecule has 0 amide bonds. The number of carbonyl (C=O) groups excluding carboxylic acids is 1. The lowest BCUT2D eigenvalue weighted by atomic mass is 9.99. The second kappa shape index (κ2) is 5.73. The van der Waals surface area contributed by atoms with E-state index < -0.39 is 34.6 Å². The van der Waals surface area contributed by atoms with E-state index >= 15 is 0 Å². The lowest BCUT2D eigenvalue weighted by molar-refractivity contribution is -0.137. The van der Waals surface area contributed by atoms with Gasteiger partial charge in [0, 0.05) is 5.70 Å². The maximum Gasteiger partial charge on any atom is 0.419 e. The number of hydrogen-bond acceptors (Lipinski definition) is 5. The zero-order chi connectivity index (χ0) is 14.5. The predicted octanol–water partition coefficient (Wildman–Crippen LogP) is 1.30. The van der Waals surface area contributed by atoms with E-state index in [1.807, 2.05) is 0 Å². The van der Waals surface area contributed by atoms with Crippen LogP contribution in [0.5, 0.6) is 0 Å². The molecular formula is C10H8F3N3O2. The number of methoxy groups -OCH3 is 1. The van der Waals surface area contributed by atoms with Gasteiger partial charge in [-0.25, -0.2) is 4.79 Å². The maximum absolute atomic E-state index is 12.8. The van der Waals surface area contributed by atoms with Crippen molar-refractivity contribution in [1.82, 2.24) is 0 Å². The van der Waals surface area contributed by atoms with Gasteiger partial charge in [-0.05, 0) is 6.92 Å². The first kappa shape index (κ1) is 15.5. The Labute approximate surface area is 101 Å². The molecule has 0 aliphatic rings. The summed E-state index contributed by atoms with van der Waals surface area (Å²) in [6, 6.07) is 2.15. The summed E-state index contributed by atoms with van der Waals surface area (Å²) in [4.78, 5) is 11.3. The Morgan fingerprint density at radius 2 is 1.72 bits per heavy atom. The number of nitriles is 2. The Morgan fingerprint density at radius 3 is 1.94 bits per heavy atom. The van der Waals surface area contributed by atoms with Gasteiger partial charge in [-0.3, -0.25) is 0 Å². The van der Waals surface area contributed by atoms with E-state index in [2.05, 4.69) is 4.74 Å². The molecule has 8 heteroatoms. The number of allylic oxidation sites excluding steroid dienone is 2. The first-order valence-electron chi connectivity index (χ1n) is 4.37. The molecule has 0 radical (unpaired) electrons. The molecule has 0 rings (SSSR count). The lowest BCUT2D eigenvalue weighted by Gasteiger charge is -2.15. The summed E-state index contributed by atoms with van der Waals surface area (Å²) >= 11 is 0. The van der Waals surface area contributed by atoms with Crippen LogP contribution in [-0.2, 0) is 9.53 Å². The van der Waals surface area contributed by atoms with E-state index in [1.54, 1.807) is 0 Å². The summed E-state index contributed by atoms with van der Waals surface area (Å²) < 4.78 is 42.5. The summed E-state index contributed by atoms with van der Waals surface area (Å²) in [5, 5.41) is 17.0. The molecule has 2 N–H and O–H groups in total. The molecule has 0 aromatic heterocycles. The van der Waals surface area contributed by atoms with Crippen LogP contribution in [0, 0.1) is 22.7 Å². The fourth-order valence-electron chi connectivity index (χ4n) is 1.11. The van der Waals surface area contributed by atoms with Crippen LogP contribution in [-0.4, -0.2) is 19.3 Å². The van der Waals surface area contributed by atoms with Crippen LogP contribution in [0.4, 0.5) is 13.2 Å². The zero-order valence-corrected chi connectivity index (χ0v) is 9.42. The SMILES string of the molecule is COC(=O)C(=C(C)N)C(=C(C#N)C#N)C(F)(F)F. The molecular weight excluding hydrogens is 251 g/mol. The van der Waals surface area contributed by atoms with Crippen LogP contribution >= 0.6 is 0 Å². The van der Waals surface area contributed by atoms with Gasteiger partial charge >= 0.3 is 12.1 Å². The first-order chi connectivity index (χ1) is 8.20. The highest BCUT2D eigenvalue weighted by Gasteiger charge is 2.42. The largest absolute Gasteiger partial charge is 0.465 e. The highest BCUT2D eigenvalue weighted by molar-refractivity contribution is 5.95. The van der Waals surface area contributed by atoms with Crippen LogP contribution in [0.15, 0.2) is 22.4 Å². The van der Waals surface area contributed by atoms with E-state index in [4.69, 9.17) is 16.3 Å². The summed E-state index contributed by atoms with van der Waals surface area (Å²) in [7, 11) is 0.859. The Balaban J connectivity index is 6.36. The number of rotatable bonds is 2. The van der Waals surface area contributed by atoms with Crippen LogP contribution in [0.25, 0.3) is 0 Å². The molecule has 0 spiro atoms. The zero-order valence-electron chi connectivity index (χ0n) is 9.42. The van der Waals surface area contributed by atoms with Crippen LogP contribution < -0.4 is 5.73 Å². The Morgan fingerprint density at radius 1 is 1.28 bits per heavy atom. The number of alkyl halides is 3. The van der Waals surface area contributed by atoms with Crippen molar-refractivity contribution in [3.05, 3.63) is 22.4 Å². The molecule has 0 fully saturated rings. The van der Waals surface area contributed by atoms with Crippen molar-refractivity contribution in [2.45, 2.75) is 13.1 Å². The molecule has 96 valence electrons. The molecule has 0 aromatic rings. The van der Waals surface area contributed by atoms with Gasteiger partial charge in [-0.15, -0.1) is 0 Å². The van der Waals surface area contributed by atoms with Crippen molar-refractivity contribution in [2.75, 3.05) is 7.11 Å². The van der Waals surface area contributed by atoms with Crippen molar-refractivity contribution in [3.8, 4) is 12.1 Å². The third-order valence-corrected chi connectivity index (χ3v) is 1.79. The highest BCUT2D eigenvalue weighted by Crippen LogP contribution is 2.34. The van der Waals surface area contributed by atoms with Crippen LogP contribution in [0.3, 0.4) is 0 Å². The van der Waals surface area contributed by atoms with Crippen molar-refractivity contribution in [3.63, 3.8) is 0 Å². The second-order valence-electron chi connectivity index (χ2n) is 3.02. The van der Waals surface area contributed by atoms with Gasteiger partial charge in [0.2, 0.25) is 0 Å². The fraction of sp³-hybridized carbons (Fsp3) is 0.300. The van der Waals surface area contributed by atoms with E-state index in [0.717, 1.165) is 26.2 Å². The van der Waals surface area contributed by atoms with Crippen molar-refractivity contribution < 1.29 is 22.7 Å². The standard InChI is InChI=1S/C10H8F3N3O2/c1-5(16)7(9(17)18-2)8(10(11,12)13)6(3-14)4-15/h16H2,1-2H3. The van der Waals surface area contributed by atoms with Gasteiger partial charge in [0.05, 0.1) is 12.7 Å².